The molecule has 0 atom stereocenters. The Morgan fingerprint density at radius 2 is 2.00 bits per heavy atom. The van der Waals surface area contributed by atoms with Crippen LogP contribution in [0, 0.1) is 0 Å². The SMILES string of the molecule is COc1ccc(C(N)=O)cc1NC(=O)c1ccc(Cl)nn1. The Morgan fingerprint density at radius 3 is 2.57 bits per heavy atom. The number of benzene rings is 1. The van der Waals surface area contributed by atoms with Crippen LogP contribution in [-0.4, -0.2) is 29.1 Å². The van der Waals surface area contributed by atoms with E-state index in [1.54, 1.807) is 0 Å². The highest BCUT2D eigenvalue weighted by Gasteiger charge is 2.13. The van der Waals surface area contributed by atoms with Crippen LogP contribution in [0.25, 0.3) is 0 Å². The number of anilines is 1. The maximum absolute atomic E-state index is 12.0. The van der Waals surface area contributed by atoms with Crippen molar-refractivity contribution in [1.82, 2.24) is 10.2 Å². The second kappa shape index (κ2) is 6.19. The first kappa shape index (κ1) is 14.7. The number of nitrogens with zero attached hydrogens (tertiary/aromatic N) is 2. The van der Waals surface area contributed by atoms with Crippen LogP contribution in [0.4, 0.5) is 5.69 Å². The van der Waals surface area contributed by atoms with Gasteiger partial charge >= 0.3 is 0 Å². The van der Waals surface area contributed by atoms with Crippen molar-refractivity contribution in [1.29, 1.82) is 0 Å². The number of halogens is 1. The maximum Gasteiger partial charge on any atom is 0.276 e. The van der Waals surface area contributed by atoms with Crippen LogP contribution in [0.3, 0.4) is 0 Å². The van der Waals surface area contributed by atoms with E-state index in [1.165, 1.54) is 37.4 Å². The van der Waals surface area contributed by atoms with Crippen molar-refractivity contribution in [2.75, 3.05) is 12.4 Å². The molecule has 1 aromatic heterocycles. The van der Waals surface area contributed by atoms with Crippen LogP contribution >= 0.6 is 11.6 Å². The lowest BCUT2D eigenvalue weighted by Crippen LogP contribution is -2.16. The first-order valence-corrected chi connectivity index (χ1v) is 6.17. The van der Waals surface area contributed by atoms with Crippen LogP contribution in [0.15, 0.2) is 30.3 Å². The van der Waals surface area contributed by atoms with Crippen molar-refractivity contribution in [3.05, 3.63) is 46.7 Å². The van der Waals surface area contributed by atoms with Crippen LogP contribution in [-0.2, 0) is 0 Å². The molecule has 0 saturated carbocycles. The molecule has 0 aliphatic rings. The molecule has 0 aliphatic heterocycles. The van der Waals surface area contributed by atoms with Gasteiger partial charge in [-0.25, -0.2) is 0 Å². The summed E-state index contributed by atoms with van der Waals surface area (Å²) in [6.45, 7) is 0. The fraction of sp³-hybridized carbons (Fsp3) is 0.0769. The summed E-state index contributed by atoms with van der Waals surface area (Å²) in [7, 11) is 1.44. The molecule has 21 heavy (non-hydrogen) atoms. The van der Waals surface area contributed by atoms with Gasteiger partial charge in [0.15, 0.2) is 10.8 Å². The normalized spacial score (nSPS) is 10.0. The highest BCUT2D eigenvalue weighted by atomic mass is 35.5. The second-order valence-corrected chi connectivity index (χ2v) is 4.36. The number of amides is 2. The van der Waals surface area contributed by atoms with E-state index in [2.05, 4.69) is 15.5 Å². The van der Waals surface area contributed by atoms with Gasteiger partial charge in [0.25, 0.3) is 5.91 Å². The third-order valence-corrected chi connectivity index (χ3v) is 2.80. The number of rotatable bonds is 4. The largest absolute Gasteiger partial charge is 0.495 e. The fourth-order valence-corrected chi connectivity index (χ4v) is 1.68. The third-order valence-electron chi connectivity index (χ3n) is 2.60. The van der Waals surface area contributed by atoms with E-state index >= 15 is 0 Å². The highest BCUT2D eigenvalue weighted by molar-refractivity contribution is 6.29. The average Bonchev–Trinajstić information content (AvgIpc) is 2.47. The highest BCUT2D eigenvalue weighted by Crippen LogP contribution is 2.25. The van der Waals surface area contributed by atoms with Crippen molar-refractivity contribution < 1.29 is 14.3 Å². The molecule has 2 aromatic rings. The zero-order chi connectivity index (χ0) is 15.4. The summed E-state index contributed by atoms with van der Waals surface area (Å²) in [5.74, 6) is -0.742. The van der Waals surface area contributed by atoms with Gasteiger partial charge in [-0.15, -0.1) is 10.2 Å². The van der Waals surface area contributed by atoms with Crippen molar-refractivity contribution in [2.24, 2.45) is 5.73 Å². The topological polar surface area (TPSA) is 107 Å². The van der Waals surface area contributed by atoms with Gasteiger partial charge in [0, 0.05) is 5.56 Å². The summed E-state index contributed by atoms with van der Waals surface area (Å²) >= 11 is 5.60. The Balaban J connectivity index is 2.29. The summed E-state index contributed by atoms with van der Waals surface area (Å²) in [5, 5.41) is 10.00. The molecular formula is C13H11ClN4O3. The van der Waals surface area contributed by atoms with E-state index in [1.807, 2.05) is 0 Å². The molecular weight excluding hydrogens is 296 g/mol. The monoisotopic (exact) mass is 306 g/mol. The number of aromatic nitrogens is 2. The lowest BCUT2D eigenvalue weighted by atomic mass is 10.1. The van der Waals surface area contributed by atoms with E-state index in [0.29, 0.717) is 11.4 Å². The lowest BCUT2D eigenvalue weighted by Gasteiger charge is -2.10. The fourth-order valence-electron chi connectivity index (χ4n) is 1.58. The molecule has 3 N–H and O–H groups in total. The first-order chi connectivity index (χ1) is 10.0. The molecule has 7 nitrogen and oxygen atoms in total. The third kappa shape index (κ3) is 3.46. The first-order valence-electron chi connectivity index (χ1n) is 5.79. The van der Waals surface area contributed by atoms with Crippen LogP contribution in [0.5, 0.6) is 5.75 Å². The summed E-state index contributed by atoms with van der Waals surface area (Å²) < 4.78 is 5.11. The minimum atomic E-state index is -0.612. The number of hydrogen-bond acceptors (Lipinski definition) is 5. The van der Waals surface area contributed by atoms with Gasteiger partial charge in [0.05, 0.1) is 12.8 Å². The summed E-state index contributed by atoms with van der Waals surface area (Å²) in [5.41, 5.74) is 5.82. The molecule has 2 amide bonds. The zero-order valence-corrected chi connectivity index (χ0v) is 11.7. The van der Waals surface area contributed by atoms with Gasteiger partial charge in [0.1, 0.15) is 5.75 Å². The van der Waals surface area contributed by atoms with Crippen molar-refractivity contribution >= 4 is 29.1 Å². The van der Waals surface area contributed by atoms with Crippen molar-refractivity contribution in [3.8, 4) is 5.75 Å². The number of primary amides is 1. The molecule has 1 heterocycles. The summed E-state index contributed by atoms with van der Waals surface area (Å²) in [6.07, 6.45) is 0. The molecule has 0 bridgehead atoms. The number of ether oxygens (including phenoxy) is 1. The second-order valence-electron chi connectivity index (χ2n) is 3.97. The minimum absolute atomic E-state index is 0.0749. The number of carbonyl (C=O) groups excluding carboxylic acids is 2. The molecule has 8 heteroatoms. The quantitative estimate of drug-likeness (QED) is 0.890. The summed E-state index contributed by atoms with van der Waals surface area (Å²) in [4.78, 5) is 23.2. The average molecular weight is 307 g/mol. The van der Waals surface area contributed by atoms with Gasteiger partial charge in [0.2, 0.25) is 5.91 Å². The zero-order valence-electron chi connectivity index (χ0n) is 11.0. The van der Waals surface area contributed by atoms with Crippen LogP contribution < -0.4 is 15.8 Å². The minimum Gasteiger partial charge on any atom is -0.495 e. The van der Waals surface area contributed by atoms with Gasteiger partial charge in [-0.2, -0.15) is 0 Å². The molecule has 0 aliphatic carbocycles. The Hall–Kier alpha value is -2.67. The molecule has 0 saturated heterocycles. The number of carbonyl (C=O) groups is 2. The van der Waals surface area contributed by atoms with E-state index in [9.17, 15) is 9.59 Å². The maximum atomic E-state index is 12.0. The molecule has 0 fully saturated rings. The molecule has 2 rings (SSSR count). The molecule has 0 spiro atoms. The van der Waals surface area contributed by atoms with Gasteiger partial charge in [-0.05, 0) is 30.3 Å². The predicted octanol–water partition coefficient (Wildman–Crippen LogP) is 1.49. The molecule has 1 aromatic carbocycles. The number of methoxy groups -OCH3 is 1. The van der Waals surface area contributed by atoms with E-state index in [4.69, 9.17) is 22.1 Å². The van der Waals surface area contributed by atoms with E-state index < -0.39 is 11.8 Å². The Kier molecular flexibility index (Phi) is 4.34. The number of hydrogen-bond donors (Lipinski definition) is 2. The lowest BCUT2D eigenvalue weighted by molar-refractivity contribution is 0.0995. The van der Waals surface area contributed by atoms with Gasteiger partial charge < -0.3 is 15.8 Å². The number of nitrogens with one attached hydrogen (secondary N) is 1. The van der Waals surface area contributed by atoms with E-state index in [0.717, 1.165) is 0 Å². The van der Waals surface area contributed by atoms with Crippen molar-refractivity contribution in [3.63, 3.8) is 0 Å². The predicted molar refractivity (Wildman–Crippen MR) is 76.5 cm³/mol. The van der Waals surface area contributed by atoms with Crippen LogP contribution in [0.2, 0.25) is 5.15 Å². The van der Waals surface area contributed by atoms with Gasteiger partial charge in [-0.3, -0.25) is 9.59 Å². The standard InChI is InChI=1S/C13H11ClN4O3/c1-21-10-4-2-7(12(15)19)6-9(10)16-13(20)8-3-5-11(14)18-17-8/h2-6H,1H3,(H2,15,19)(H,16,20). The molecule has 0 unspecified atom stereocenters. The van der Waals surface area contributed by atoms with Crippen molar-refractivity contribution in [2.45, 2.75) is 0 Å². The van der Waals surface area contributed by atoms with E-state index in [-0.39, 0.29) is 16.4 Å². The number of nitrogens with two attached hydrogens (primary N) is 1. The molecule has 108 valence electrons. The smallest absolute Gasteiger partial charge is 0.276 e. The summed E-state index contributed by atoms with van der Waals surface area (Å²) in [6, 6.07) is 7.32. The molecule has 0 radical (unpaired) electrons. The van der Waals surface area contributed by atoms with Crippen LogP contribution in [0.1, 0.15) is 20.8 Å². The Bertz CT molecular complexity index is 688. The van der Waals surface area contributed by atoms with Gasteiger partial charge in [-0.1, -0.05) is 11.6 Å². The Morgan fingerprint density at radius 1 is 1.24 bits per heavy atom. The Labute approximate surface area is 125 Å².